The molecule has 128 valence electrons. The lowest BCUT2D eigenvalue weighted by Gasteiger charge is -2.43. The van der Waals surface area contributed by atoms with E-state index in [1.807, 2.05) is 0 Å². The Bertz CT molecular complexity index is 402. The van der Waals surface area contributed by atoms with Crippen molar-refractivity contribution in [3.63, 3.8) is 0 Å². The SMILES string of the molecule is CC(=O)N[C@@H]([C@H]1O[C@@H](OCC(=O)O)[C@H](O)[C@@H](O)[C@H]1O)[C@H](C)O. The molecule has 1 heterocycles. The molecular formula is C12H21NO9. The number of amides is 1. The third-order valence-corrected chi connectivity index (χ3v) is 3.22. The van der Waals surface area contributed by atoms with Crippen LogP contribution in [0.2, 0.25) is 0 Å². The highest BCUT2D eigenvalue weighted by atomic mass is 16.7. The van der Waals surface area contributed by atoms with Crippen LogP contribution in [0.4, 0.5) is 0 Å². The van der Waals surface area contributed by atoms with Crippen molar-refractivity contribution in [3.8, 4) is 0 Å². The summed E-state index contributed by atoms with van der Waals surface area (Å²) in [5, 5.41) is 50.1. The van der Waals surface area contributed by atoms with E-state index in [0.717, 1.165) is 0 Å². The van der Waals surface area contributed by atoms with Gasteiger partial charge in [-0.2, -0.15) is 0 Å². The molecule has 0 bridgehead atoms. The molecule has 1 saturated heterocycles. The van der Waals surface area contributed by atoms with Crippen LogP contribution < -0.4 is 5.32 Å². The van der Waals surface area contributed by atoms with E-state index in [1.54, 1.807) is 0 Å². The number of carbonyl (C=O) groups is 2. The van der Waals surface area contributed by atoms with Gasteiger partial charge in [0.25, 0.3) is 0 Å². The molecule has 1 aliphatic rings. The van der Waals surface area contributed by atoms with Crippen molar-refractivity contribution in [2.45, 2.75) is 56.7 Å². The van der Waals surface area contributed by atoms with Gasteiger partial charge in [-0.1, -0.05) is 0 Å². The van der Waals surface area contributed by atoms with Crippen LogP contribution >= 0.6 is 0 Å². The third kappa shape index (κ3) is 4.60. The predicted octanol–water partition coefficient (Wildman–Crippen LogP) is -3.22. The number of nitrogens with one attached hydrogen (secondary N) is 1. The van der Waals surface area contributed by atoms with Crippen LogP contribution in [0.15, 0.2) is 0 Å². The number of aliphatic carboxylic acids is 1. The van der Waals surface area contributed by atoms with Gasteiger partial charge in [-0.25, -0.2) is 4.79 Å². The normalized spacial score (nSPS) is 34.7. The quantitative estimate of drug-likeness (QED) is 0.295. The summed E-state index contributed by atoms with van der Waals surface area (Å²) in [6.45, 7) is 1.73. The van der Waals surface area contributed by atoms with E-state index < -0.39 is 61.3 Å². The molecule has 1 aliphatic heterocycles. The zero-order valence-corrected chi connectivity index (χ0v) is 12.1. The molecule has 0 spiro atoms. The molecule has 1 rings (SSSR count). The van der Waals surface area contributed by atoms with Crippen LogP contribution in [0.25, 0.3) is 0 Å². The van der Waals surface area contributed by atoms with Gasteiger partial charge in [0.15, 0.2) is 6.29 Å². The Morgan fingerprint density at radius 2 is 1.82 bits per heavy atom. The summed E-state index contributed by atoms with van der Waals surface area (Å²) in [6, 6.07) is -1.09. The van der Waals surface area contributed by atoms with Gasteiger partial charge in [0, 0.05) is 6.92 Å². The highest BCUT2D eigenvalue weighted by Crippen LogP contribution is 2.25. The van der Waals surface area contributed by atoms with Crippen LogP contribution in [0.5, 0.6) is 0 Å². The molecular weight excluding hydrogens is 302 g/mol. The van der Waals surface area contributed by atoms with Crippen LogP contribution in [0.1, 0.15) is 13.8 Å². The zero-order valence-electron chi connectivity index (χ0n) is 12.1. The van der Waals surface area contributed by atoms with Crippen LogP contribution in [-0.2, 0) is 19.1 Å². The largest absolute Gasteiger partial charge is 0.480 e. The maximum atomic E-state index is 11.2. The molecule has 10 heteroatoms. The van der Waals surface area contributed by atoms with Crippen LogP contribution in [0.3, 0.4) is 0 Å². The second kappa shape index (κ2) is 7.81. The molecule has 0 aromatic heterocycles. The minimum atomic E-state index is -1.70. The monoisotopic (exact) mass is 323 g/mol. The first-order chi connectivity index (χ1) is 10.1. The van der Waals surface area contributed by atoms with E-state index in [4.69, 9.17) is 14.6 Å². The molecule has 0 saturated carbocycles. The first-order valence-corrected chi connectivity index (χ1v) is 6.63. The van der Waals surface area contributed by atoms with Crippen LogP contribution in [-0.4, -0.2) is 86.9 Å². The van der Waals surface area contributed by atoms with Gasteiger partial charge in [-0.15, -0.1) is 0 Å². The average Bonchev–Trinajstić information content (AvgIpc) is 2.41. The minimum Gasteiger partial charge on any atom is -0.480 e. The summed E-state index contributed by atoms with van der Waals surface area (Å²) < 4.78 is 10.0. The topological polar surface area (TPSA) is 166 Å². The summed E-state index contributed by atoms with van der Waals surface area (Å²) in [6.07, 6.45) is -8.99. The molecule has 22 heavy (non-hydrogen) atoms. The van der Waals surface area contributed by atoms with Crippen molar-refractivity contribution in [1.29, 1.82) is 0 Å². The number of ether oxygens (including phenoxy) is 2. The van der Waals surface area contributed by atoms with E-state index in [9.17, 15) is 30.0 Å². The second-order valence-electron chi connectivity index (χ2n) is 5.11. The molecule has 6 N–H and O–H groups in total. The Kier molecular flexibility index (Phi) is 6.66. The fraction of sp³-hybridized carbons (Fsp3) is 0.833. The smallest absolute Gasteiger partial charge is 0.329 e. The van der Waals surface area contributed by atoms with E-state index in [1.165, 1.54) is 13.8 Å². The van der Waals surface area contributed by atoms with Crippen molar-refractivity contribution in [3.05, 3.63) is 0 Å². The molecule has 7 atom stereocenters. The number of aliphatic hydroxyl groups is 4. The second-order valence-corrected chi connectivity index (χ2v) is 5.11. The van der Waals surface area contributed by atoms with Gasteiger partial charge >= 0.3 is 5.97 Å². The van der Waals surface area contributed by atoms with Crippen molar-refractivity contribution in [2.75, 3.05) is 6.61 Å². The standard InChI is InChI=1S/C12H21NO9/c1-4(14)7(13-5(2)15)11-9(19)8(18)10(20)12(22-11)21-3-6(16)17/h4,7-12,14,18-20H,3H2,1-2H3,(H,13,15)(H,16,17)/t4-,7+,8-,9+,10+,11+,12+/m0/s1. The Morgan fingerprint density at radius 3 is 2.27 bits per heavy atom. The summed E-state index contributed by atoms with van der Waals surface area (Å²) in [5.74, 6) is -1.83. The lowest BCUT2D eigenvalue weighted by atomic mass is 9.91. The first kappa shape index (κ1) is 18.7. The fourth-order valence-corrected chi connectivity index (χ4v) is 2.17. The number of carboxylic acid groups (broad SMARTS) is 1. The Morgan fingerprint density at radius 1 is 1.23 bits per heavy atom. The summed E-state index contributed by atoms with van der Waals surface area (Å²) >= 11 is 0. The van der Waals surface area contributed by atoms with Gasteiger partial charge in [-0.05, 0) is 6.92 Å². The van der Waals surface area contributed by atoms with Gasteiger partial charge in [0.2, 0.25) is 5.91 Å². The Labute approximate surface area is 126 Å². The lowest BCUT2D eigenvalue weighted by molar-refractivity contribution is -0.302. The number of rotatable bonds is 6. The van der Waals surface area contributed by atoms with Crippen molar-refractivity contribution < 1.29 is 44.6 Å². The van der Waals surface area contributed by atoms with Gasteiger partial charge in [0.05, 0.1) is 12.1 Å². The summed E-state index contributed by atoms with van der Waals surface area (Å²) in [7, 11) is 0. The first-order valence-electron chi connectivity index (χ1n) is 6.63. The van der Waals surface area contributed by atoms with E-state index in [-0.39, 0.29) is 0 Å². The number of hydrogen-bond donors (Lipinski definition) is 6. The molecule has 1 fully saturated rings. The molecule has 1 amide bonds. The Hall–Kier alpha value is -1.30. The Balaban J connectivity index is 2.91. The van der Waals surface area contributed by atoms with Gasteiger partial charge in [0.1, 0.15) is 31.0 Å². The number of carbonyl (C=O) groups excluding carboxylic acids is 1. The minimum absolute atomic E-state index is 0.509. The number of carboxylic acids is 1. The summed E-state index contributed by atoms with van der Waals surface area (Å²) in [5.41, 5.74) is 0. The van der Waals surface area contributed by atoms with Crippen molar-refractivity contribution in [2.24, 2.45) is 0 Å². The molecule has 0 aliphatic carbocycles. The highest BCUT2D eigenvalue weighted by Gasteiger charge is 2.48. The fourth-order valence-electron chi connectivity index (χ4n) is 2.17. The van der Waals surface area contributed by atoms with Gasteiger partial charge in [-0.3, -0.25) is 4.79 Å². The maximum absolute atomic E-state index is 11.2. The number of hydrogen-bond acceptors (Lipinski definition) is 8. The summed E-state index contributed by atoms with van der Waals surface area (Å²) in [4.78, 5) is 21.7. The highest BCUT2D eigenvalue weighted by molar-refractivity contribution is 5.73. The lowest BCUT2D eigenvalue weighted by Crippen LogP contribution is -2.65. The zero-order chi connectivity index (χ0) is 17.0. The number of aliphatic hydroxyl groups excluding tert-OH is 4. The van der Waals surface area contributed by atoms with Gasteiger partial charge < -0.3 is 40.3 Å². The van der Waals surface area contributed by atoms with Crippen molar-refractivity contribution in [1.82, 2.24) is 5.32 Å². The van der Waals surface area contributed by atoms with E-state index in [0.29, 0.717) is 0 Å². The van der Waals surface area contributed by atoms with E-state index in [2.05, 4.69) is 5.32 Å². The molecule has 0 unspecified atom stereocenters. The average molecular weight is 323 g/mol. The molecule has 0 aromatic rings. The predicted molar refractivity (Wildman–Crippen MR) is 69.6 cm³/mol. The third-order valence-electron chi connectivity index (χ3n) is 3.22. The van der Waals surface area contributed by atoms with Crippen LogP contribution in [0, 0.1) is 0 Å². The van der Waals surface area contributed by atoms with E-state index >= 15 is 0 Å². The van der Waals surface area contributed by atoms with Crippen molar-refractivity contribution >= 4 is 11.9 Å². The molecule has 0 aromatic carbocycles. The maximum Gasteiger partial charge on any atom is 0.329 e. The molecule has 10 nitrogen and oxygen atoms in total. The molecule has 0 radical (unpaired) electrons.